The third-order valence-corrected chi connectivity index (χ3v) is 3.90. The lowest BCUT2D eigenvalue weighted by molar-refractivity contribution is -0.0828. The fraction of sp³-hybridized carbons (Fsp3) is 0.938. The quantitative estimate of drug-likeness (QED) is 0.211. The zero-order valence-corrected chi connectivity index (χ0v) is 17.6. The Bertz CT molecular complexity index is 326. The molecule has 0 aliphatic carbocycles. The van der Waals surface area contributed by atoms with Gasteiger partial charge in [-0.2, -0.15) is 0 Å². The van der Waals surface area contributed by atoms with Gasteiger partial charge in [0.15, 0.2) is 5.96 Å². The Hall–Kier alpha value is -0.160. The molecular formula is C16H34IN3O4. The minimum atomic E-state index is -0.191. The van der Waals surface area contributed by atoms with Crippen molar-refractivity contribution in [2.45, 2.75) is 31.8 Å². The van der Waals surface area contributed by atoms with E-state index in [-0.39, 0.29) is 29.6 Å². The van der Waals surface area contributed by atoms with Crippen LogP contribution in [-0.2, 0) is 18.9 Å². The molecule has 0 aromatic rings. The summed E-state index contributed by atoms with van der Waals surface area (Å²) >= 11 is 0. The van der Waals surface area contributed by atoms with Gasteiger partial charge in [0.05, 0.1) is 25.4 Å². The maximum atomic E-state index is 5.71. The van der Waals surface area contributed by atoms with Crippen molar-refractivity contribution in [2.75, 3.05) is 66.9 Å². The van der Waals surface area contributed by atoms with Crippen molar-refractivity contribution in [3.63, 3.8) is 0 Å². The number of hydrogen-bond donors (Lipinski definition) is 2. The number of nitrogens with one attached hydrogen (secondary N) is 2. The lowest BCUT2D eigenvalue weighted by Crippen LogP contribution is -2.44. The third kappa shape index (κ3) is 9.97. The van der Waals surface area contributed by atoms with Crippen LogP contribution in [0.5, 0.6) is 0 Å². The smallest absolute Gasteiger partial charge is 0.191 e. The summed E-state index contributed by atoms with van der Waals surface area (Å²) in [6.07, 6.45) is 2.71. The van der Waals surface area contributed by atoms with E-state index in [0.29, 0.717) is 19.8 Å². The predicted octanol–water partition coefficient (Wildman–Crippen LogP) is 1.41. The van der Waals surface area contributed by atoms with Gasteiger partial charge in [-0.3, -0.25) is 4.99 Å². The van der Waals surface area contributed by atoms with Crippen LogP contribution in [0.4, 0.5) is 0 Å². The second-order valence-corrected chi connectivity index (χ2v) is 5.58. The van der Waals surface area contributed by atoms with Crippen molar-refractivity contribution < 1.29 is 18.9 Å². The van der Waals surface area contributed by atoms with E-state index in [1.807, 2.05) is 0 Å². The molecule has 1 rings (SSSR count). The predicted molar refractivity (Wildman–Crippen MR) is 107 cm³/mol. The average molecular weight is 459 g/mol. The van der Waals surface area contributed by atoms with Crippen LogP contribution < -0.4 is 10.6 Å². The van der Waals surface area contributed by atoms with Crippen LogP contribution in [0.15, 0.2) is 4.99 Å². The Kier molecular flexibility index (Phi) is 15.0. The highest BCUT2D eigenvalue weighted by molar-refractivity contribution is 14.0. The first-order valence-electron chi connectivity index (χ1n) is 8.48. The highest BCUT2D eigenvalue weighted by Crippen LogP contribution is 2.24. The van der Waals surface area contributed by atoms with Crippen LogP contribution >= 0.6 is 24.0 Å². The van der Waals surface area contributed by atoms with Gasteiger partial charge in [-0.05, 0) is 13.3 Å². The number of hydrogen-bond acceptors (Lipinski definition) is 5. The number of rotatable bonds is 11. The van der Waals surface area contributed by atoms with Gasteiger partial charge in [-0.1, -0.05) is 0 Å². The van der Waals surface area contributed by atoms with Gasteiger partial charge in [0.1, 0.15) is 0 Å². The van der Waals surface area contributed by atoms with Crippen LogP contribution in [0.2, 0.25) is 0 Å². The summed E-state index contributed by atoms with van der Waals surface area (Å²) in [6.45, 7) is 7.84. The number of nitrogens with zero attached hydrogens (tertiary/aromatic N) is 1. The molecule has 7 nitrogen and oxygen atoms in total. The second-order valence-electron chi connectivity index (χ2n) is 5.58. The minimum Gasteiger partial charge on any atom is -0.382 e. The van der Waals surface area contributed by atoms with Gasteiger partial charge in [-0.15, -0.1) is 24.0 Å². The summed E-state index contributed by atoms with van der Waals surface area (Å²) in [4.78, 5) is 4.68. The maximum Gasteiger partial charge on any atom is 0.191 e. The largest absolute Gasteiger partial charge is 0.382 e. The molecule has 0 bridgehead atoms. The Morgan fingerprint density at radius 1 is 1.12 bits per heavy atom. The van der Waals surface area contributed by atoms with E-state index < -0.39 is 0 Å². The van der Waals surface area contributed by atoms with E-state index in [4.69, 9.17) is 18.9 Å². The molecule has 24 heavy (non-hydrogen) atoms. The summed E-state index contributed by atoms with van der Waals surface area (Å²) in [6, 6.07) is 0. The Morgan fingerprint density at radius 2 is 1.88 bits per heavy atom. The molecule has 0 amide bonds. The summed E-state index contributed by atoms with van der Waals surface area (Å²) in [5.74, 6) is 0.826. The van der Waals surface area contributed by atoms with Crippen molar-refractivity contribution in [1.82, 2.24) is 10.6 Å². The number of ether oxygens (including phenoxy) is 4. The second kappa shape index (κ2) is 15.1. The minimum absolute atomic E-state index is 0. The Balaban J connectivity index is 0.00000529. The van der Waals surface area contributed by atoms with E-state index in [9.17, 15) is 0 Å². The van der Waals surface area contributed by atoms with Gasteiger partial charge in [0.2, 0.25) is 0 Å². The van der Waals surface area contributed by atoms with Crippen LogP contribution in [-0.4, -0.2) is 78.4 Å². The van der Waals surface area contributed by atoms with Crippen LogP contribution in [0.1, 0.15) is 26.2 Å². The first-order chi connectivity index (χ1) is 11.3. The van der Waals surface area contributed by atoms with Crippen molar-refractivity contribution in [2.24, 2.45) is 4.99 Å². The van der Waals surface area contributed by atoms with E-state index in [0.717, 1.165) is 58.1 Å². The molecule has 0 radical (unpaired) electrons. The standard InChI is InChI=1S/C16H33N3O4.HI/c1-4-17-15(18-8-5-9-22-13-12-20-2)19-14-16(21-3)6-10-23-11-7-16;/h4-14H2,1-3H3,(H2,17,18,19);1H. The van der Waals surface area contributed by atoms with Gasteiger partial charge < -0.3 is 29.6 Å². The van der Waals surface area contributed by atoms with Gasteiger partial charge in [-0.25, -0.2) is 0 Å². The maximum absolute atomic E-state index is 5.71. The molecule has 1 heterocycles. The summed E-state index contributed by atoms with van der Waals surface area (Å²) < 4.78 is 21.5. The van der Waals surface area contributed by atoms with Crippen molar-refractivity contribution in [1.29, 1.82) is 0 Å². The number of aliphatic imine (C=N–C) groups is 1. The van der Waals surface area contributed by atoms with Gasteiger partial charge in [0.25, 0.3) is 0 Å². The van der Waals surface area contributed by atoms with E-state index in [1.54, 1.807) is 14.2 Å². The van der Waals surface area contributed by atoms with E-state index in [2.05, 4.69) is 22.5 Å². The summed E-state index contributed by atoms with van der Waals surface area (Å²) in [5, 5.41) is 6.60. The highest BCUT2D eigenvalue weighted by Gasteiger charge is 2.32. The Morgan fingerprint density at radius 3 is 2.50 bits per heavy atom. The molecule has 2 N–H and O–H groups in total. The number of halogens is 1. The van der Waals surface area contributed by atoms with Crippen molar-refractivity contribution in [3.8, 4) is 0 Å². The Labute approximate surface area is 163 Å². The first-order valence-corrected chi connectivity index (χ1v) is 8.48. The molecule has 144 valence electrons. The SMILES string of the molecule is CCNC(=NCC1(OC)CCOCC1)NCCCOCCOC.I. The number of methoxy groups -OCH3 is 2. The highest BCUT2D eigenvalue weighted by atomic mass is 127. The molecule has 0 spiro atoms. The van der Waals surface area contributed by atoms with Gasteiger partial charge >= 0.3 is 0 Å². The van der Waals surface area contributed by atoms with E-state index in [1.165, 1.54) is 0 Å². The molecule has 1 aliphatic heterocycles. The zero-order chi connectivity index (χ0) is 16.8. The molecule has 0 aromatic heterocycles. The zero-order valence-electron chi connectivity index (χ0n) is 15.3. The van der Waals surface area contributed by atoms with Crippen LogP contribution in [0, 0.1) is 0 Å². The molecule has 0 atom stereocenters. The van der Waals surface area contributed by atoms with Crippen LogP contribution in [0.25, 0.3) is 0 Å². The summed E-state index contributed by atoms with van der Waals surface area (Å²) in [7, 11) is 3.44. The first kappa shape index (κ1) is 23.8. The van der Waals surface area contributed by atoms with Crippen molar-refractivity contribution in [3.05, 3.63) is 0 Å². The van der Waals surface area contributed by atoms with Crippen molar-refractivity contribution >= 4 is 29.9 Å². The topological polar surface area (TPSA) is 73.3 Å². The molecule has 0 aromatic carbocycles. The molecule has 0 unspecified atom stereocenters. The third-order valence-electron chi connectivity index (χ3n) is 3.90. The molecule has 0 saturated carbocycles. The molecule has 1 saturated heterocycles. The molecule has 1 fully saturated rings. The summed E-state index contributed by atoms with van der Waals surface area (Å²) in [5.41, 5.74) is -0.191. The van der Waals surface area contributed by atoms with Gasteiger partial charge in [0, 0.05) is 60.0 Å². The van der Waals surface area contributed by atoms with E-state index >= 15 is 0 Å². The van der Waals surface area contributed by atoms with Crippen LogP contribution in [0.3, 0.4) is 0 Å². The lowest BCUT2D eigenvalue weighted by Gasteiger charge is -2.34. The number of guanidine groups is 1. The molecule has 1 aliphatic rings. The molecular weight excluding hydrogens is 425 g/mol. The monoisotopic (exact) mass is 459 g/mol. The fourth-order valence-electron chi connectivity index (χ4n) is 2.36. The normalized spacial score (nSPS) is 17.2. The molecule has 8 heteroatoms. The fourth-order valence-corrected chi connectivity index (χ4v) is 2.36. The average Bonchev–Trinajstić information content (AvgIpc) is 2.59. The lowest BCUT2D eigenvalue weighted by atomic mass is 9.94.